The number of nitrogens with zero attached hydrogens (tertiary/aromatic N) is 3. The molecule has 2 unspecified atom stereocenters. The summed E-state index contributed by atoms with van der Waals surface area (Å²) in [6, 6.07) is 8.21. The fraction of sp³-hybridized carbons (Fsp3) is 0.429. The third-order valence-electron chi connectivity index (χ3n) is 3.69. The Bertz CT molecular complexity index is 552. The van der Waals surface area contributed by atoms with Crippen LogP contribution in [0.15, 0.2) is 30.6 Å². The second-order valence-electron chi connectivity index (χ2n) is 4.94. The quantitative estimate of drug-likeness (QED) is 0.757. The number of rotatable bonds is 1. The minimum atomic E-state index is 0.542. The second-order valence-corrected chi connectivity index (χ2v) is 6.12. The summed E-state index contributed by atoms with van der Waals surface area (Å²) < 4.78 is 0. The first-order chi connectivity index (χ1) is 8.75. The molecule has 0 bridgehead atoms. The summed E-state index contributed by atoms with van der Waals surface area (Å²) in [6.07, 6.45) is 2.87. The lowest BCUT2D eigenvalue weighted by atomic mass is 9.99. The zero-order valence-corrected chi connectivity index (χ0v) is 12.0. The normalized spacial score (nSPS) is 24.4. The van der Waals surface area contributed by atoms with Gasteiger partial charge < -0.3 is 4.90 Å². The molecule has 1 aromatic heterocycles. The molecule has 0 aliphatic carbocycles. The van der Waals surface area contributed by atoms with Gasteiger partial charge in [-0.3, -0.25) is 0 Å². The minimum absolute atomic E-state index is 0.542. The van der Waals surface area contributed by atoms with E-state index in [1.54, 1.807) is 6.33 Å². The SMILES string of the molecule is CC1CCN(c2ncnc3ccccc23)CC1Br. The van der Waals surface area contributed by atoms with Crippen molar-refractivity contribution in [1.82, 2.24) is 9.97 Å². The van der Waals surface area contributed by atoms with E-state index in [4.69, 9.17) is 0 Å². The Hall–Kier alpha value is -1.16. The van der Waals surface area contributed by atoms with Gasteiger partial charge in [0.2, 0.25) is 0 Å². The first-order valence-corrected chi connectivity index (χ1v) is 7.26. The highest BCUT2D eigenvalue weighted by molar-refractivity contribution is 9.09. The van der Waals surface area contributed by atoms with Crippen molar-refractivity contribution in [2.24, 2.45) is 5.92 Å². The zero-order valence-electron chi connectivity index (χ0n) is 10.4. The van der Waals surface area contributed by atoms with Crippen molar-refractivity contribution in [2.45, 2.75) is 18.2 Å². The summed E-state index contributed by atoms with van der Waals surface area (Å²) in [6.45, 7) is 4.39. The van der Waals surface area contributed by atoms with E-state index in [2.05, 4.69) is 43.8 Å². The summed E-state index contributed by atoms with van der Waals surface area (Å²) in [5.74, 6) is 1.80. The topological polar surface area (TPSA) is 29.0 Å². The Morgan fingerprint density at radius 1 is 1.28 bits per heavy atom. The highest BCUT2D eigenvalue weighted by Crippen LogP contribution is 2.29. The van der Waals surface area contributed by atoms with Crippen LogP contribution in [0.3, 0.4) is 0 Å². The maximum absolute atomic E-state index is 4.48. The lowest BCUT2D eigenvalue weighted by molar-refractivity contribution is 0.455. The second kappa shape index (κ2) is 4.84. The molecule has 1 aliphatic rings. The number of aromatic nitrogens is 2. The van der Waals surface area contributed by atoms with Gasteiger partial charge in [-0.2, -0.15) is 0 Å². The van der Waals surface area contributed by atoms with Crippen LogP contribution in [0, 0.1) is 5.92 Å². The van der Waals surface area contributed by atoms with Crippen molar-refractivity contribution in [3.8, 4) is 0 Å². The van der Waals surface area contributed by atoms with Crippen molar-refractivity contribution in [3.05, 3.63) is 30.6 Å². The van der Waals surface area contributed by atoms with Crippen LogP contribution < -0.4 is 4.90 Å². The minimum Gasteiger partial charge on any atom is -0.355 e. The molecule has 18 heavy (non-hydrogen) atoms. The molecule has 1 fully saturated rings. The van der Waals surface area contributed by atoms with Gasteiger partial charge in [0.25, 0.3) is 0 Å². The van der Waals surface area contributed by atoms with Gasteiger partial charge in [-0.15, -0.1) is 0 Å². The molecule has 2 aromatic rings. The molecular weight excluding hydrogens is 290 g/mol. The van der Waals surface area contributed by atoms with Crippen LogP contribution in [0.2, 0.25) is 0 Å². The third-order valence-corrected chi connectivity index (χ3v) is 4.88. The van der Waals surface area contributed by atoms with Crippen molar-refractivity contribution >= 4 is 32.7 Å². The lowest BCUT2D eigenvalue weighted by Crippen LogP contribution is -2.40. The van der Waals surface area contributed by atoms with Crippen LogP contribution in [0.1, 0.15) is 13.3 Å². The number of halogens is 1. The van der Waals surface area contributed by atoms with E-state index < -0.39 is 0 Å². The third kappa shape index (κ3) is 2.09. The Balaban J connectivity index is 1.99. The molecule has 0 spiro atoms. The highest BCUT2D eigenvalue weighted by atomic mass is 79.9. The number of hydrogen-bond acceptors (Lipinski definition) is 3. The Morgan fingerprint density at radius 2 is 2.11 bits per heavy atom. The lowest BCUT2D eigenvalue weighted by Gasteiger charge is -2.35. The van der Waals surface area contributed by atoms with Crippen molar-refractivity contribution in [3.63, 3.8) is 0 Å². The largest absolute Gasteiger partial charge is 0.355 e. The molecule has 0 radical (unpaired) electrons. The summed E-state index contributed by atoms with van der Waals surface area (Å²) >= 11 is 3.77. The van der Waals surface area contributed by atoms with Crippen LogP contribution in [0.25, 0.3) is 10.9 Å². The molecular formula is C14H16BrN3. The van der Waals surface area contributed by atoms with Crippen LogP contribution in [-0.4, -0.2) is 27.9 Å². The Labute approximate surface area is 115 Å². The first-order valence-electron chi connectivity index (χ1n) is 6.34. The molecule has 0 N–H and O–H groups in total. The number of alkyl halides is 1. The standard InChI is InChI=1S/C14H16BrN3/c1-10-6-7-18(8-12(10)15)14-11-4-2-3-5-13(11)16-9-17-14/h2-5,9-10,12H,6-8H2,1H3. The first kappa shape index (κ1) is 11.9. The molecule has 1 aromatic carbocycles. The van der Waals surface area contributed by atoms with Gasteiger partial charge in [0.1, 0.15) is 12.1 Å². The van der Waals surface area contributed by atoms with E-state index in [9.17, 15) is 0 Å². The van der Waals surface area contributed by atoms with Gasteiger partial charge in [0.05, 0.1) is 5.52 Å². The van der Waals surface area contributed by atoms with E-state index in [0.717, 1.165) is 35.7 Å². The molecule has 94 valence electrons. The van der Waals surface area contributed by atoms with E-state index >= 15 is 0 Å². The van der Waals surface area contributed by atoms with Gasteiger partial charge in [0.15, 0.2) is 0 Å². The number of piperidine rings is 1. The molecule has 3 nitrogen and oxygen atoms in total. The predicted molar refractivity (Wildman–Crippen MR) is 78.2 cm³/mol. The summed E-state index contributed by atoms with van der Waals surface area (Å²) in [5, 5.41) is 1.15. The summed E-state index contributed by atoms with van der Waals surface area (Å²) in [7, 11) is 0. The van der Waals surface area contributed by atoms with Gasteiger partial charge >= 0.3 is 0 Å². The monoisotopic (exact) mass is 305 g/mol. The van der Waals surface area contributed by atoms with Gasteiger partial charge in [-0.25, -0.2) is 9.97 Å². The van der Waals surface area contributed by atoms with Crippen LogP contribution in [-0.2, 0) is 0 Å². The number of para-hydroxylation sites is 1. The maximum Gasteiger partial charge on any atom is 0.139 e. The van der Waals surface area contributed by atoms with Crippen LogP contribution >= 0.6 is 15.9 Å². The molecule has 1 saturated heterocycles. The molecule has 4 heteroatoms. The fourth-order valence-electron chi connectivity index (χ4n) is 2.46. The van der Waals surface area contributed by atoms with Gasteiger partial charge in [-0.1, -0.05) is 35.0 Å². The van der Waals surface area contributed by atoms with E-state index in [-0.39, 0.29) is 0 Å². The van der Waals surface area contributed by atoms with E-state index in [1.807, 2.05) is 18.2 Å². The molecule has 1 aliphatic heterocycles. The average Bonchev–Trinajstić information content (AvgIpc) is 2.41. The van der Waals surface area contributed by atoms with Crippen molar-refractivity contribution in [1.29, 1.82) is 0 Å². The van der Waals surface area contributed by atoms with Gasteiger partial charge in [0, 0.05) is 23.3 Å². The number of anilines is 1. The smallest absolute Gasteiger partial charge is 0.139 e. The van der Waals surface area contributed by atoms with E-state index in [0.29, 0.717) is 4.83 Å². The molecule has 2 heterocycles. The number of fused-ring (bicyclic) bond motifs is 1. The molecule has 3 rings (SSSR count). The predicted octanol–water partition coefficient (Wildman–Crippen LogP) is 3.24. The molecule has 2 atom stereocenters. The van der Waals surface area contributed by atoms with Crippen molar-refractivity contribution in [2.75, 3.05) is 18.0 Å². The highest BCUT2D eigenvalue weighted by Gasteiger charge is 2.25. The maximum atomic E-state index is 4.48. The zero-order chi connectivity index (χ0) is 12.5. The summed E-state index contributed by atoms with van der Waals surface area (Å²) in [4.78, 5) is 11.7. The molecule has 0 saturated carbocycles. The molecule has 0 amide bonds. The van der Waals surface area contributed by atoms with Crippen molar-refractivity contribution < 1.29 is 0 Å². The Morgan fingerprint density at radius 3 is 2.94 bits per heavy atom. The van der Waals surface area contributed by atoms with Gasteiger partial charge in [-0.05, 0) is 24.5 Å². The average molecular weight is 306 g/mol. The fourth-order valence-corrected chi connectivity index (χ4v) is 3.07. The number of benzene rings is 1. The number of hydrogen-bond donors (Lipinski definition) is 0. The van der Waals surface area contributed by atoms with Crippen LogP contribution in [0.5, 0.6) is 0 Å². The van der Waals surface area contributed by atoms with E-state index in [1.165, 1.54) is 6.42 Å². The van der Waals surface area contributed by atoms with Crippen LogP contribution in [0.4, 0.5) is 5.82 Å². The Kier molecular flexibility index (Phi) is 3.20. The summed E-state index contributed by atoms with van der Waals surface area (Å²) in [5.41, 5.74) is 1.02.